The lowest BCUT2D eigenvalue weighted by Gasteiger charge is -2.08. The molecule has 0 aliphatic rings. The molecule has 0 radical (unpaired) electrons. The van der Waals surface area contributed by atoms with Gasteiger partial charge >= 0.3 is 0 Å². The van der Waals surface area contributed by atoms with E-state index in [-0.39, 0.29) is 6.54 Å². The third kappa shape index (κ3) is 5.39. The molecule has 1 aromatic rings. The molecule has 18 heavy (non-hydrogen) atoms. The summed E-state index contributed by atoms with van der Waals surface area (Å²) in [5.74, 6) is 0.619. The normalized spacial score (nSPS) is 11.2. The van der Waals surface area contributed by atoms with E-state index in [9.17, 15) is 8.42 Å². The molecule has 0 bridgehead atoms. The third-order valence-corrected chi connectivity index (χ3v) is 3.00. The minimum atomic E-state index is -3.16. The molecule has 0 aromatic carbocycles. The summed E-state index contributed by atoms with van der Waals surface area (Å²) in [7, 11) is -3.16. The van der Waals surface area contributed by atoms with Gasteiger partial charge in [0.15, 0.2) is 0 Å². The molecule has 6 nitrogen and oxygen atoms in total. The summed E-state index contributed by atoms with van der Waals surface area (Å²) in [6.45, 7) is 2.55. The lowest BCUT2D eigenvalue weighted by Crippen LogP contribution is -2.27. The molecule has 0 aliphatic heterocycles. The van der Waals surface area contributed by atoms with Crippen molar-refractivity contribution < 1.29 is 8.42 Å². The Balaban J connectivity index is 2.60. The highest BCUT2D eigenvalue weighted by Gasteiger charge is 2.03. The maximum absolute atomic E-state index is 10.9. The average Bonchev–Trinajstić information content (AvgIpc) is 2.22. The van der Waals surface area contributed by atoms with Crippen LogP contribution in [-0.4, -0.2) is 37.7 Å². The van der Waals surface area contributed by atoms with Crippen molar-refractivity contribution in [2.75, 3.05) is 24.7 Å². The summed E-state index contributed by atoms with van der Waals surface area (Å²) < 4.78 is 24.1. The fraction of sp³-hybridized carbons (Fsp3) is 0.400. The third-order valence-electron chi connectivity index (χ3n) is 2.03. The first-order valence-corrected chi connectivity index (χ1v) is 7.55. The SMILES string of the molecule is Cc1cc(C(N)=S)cc(NCCNS(C)(=O)=O)n1. The Labute approximate surface area is 112 Å². The van der Waals surface area contributed by atoms with Gasteiger partial charge in [-0.2, -0.15) is 0 Å². The maximum Gasteiger partial charge on any atom is 0.208 e. The van der Waals surface area contributed by atoms with Gasteiger partial charge in [-0.15, -0.1) is 0 Å². The minimum absolute atomic E-state index is 0.289. The number of thiocarbonyl (C=S) groups is 1. The highest BCUT2D eigenvalue weighted by Crippen LogP contribution is 2.09. The van der Waals surface area contributed by atoms with Crippen LogP contribution in [0.3, 0.4) is 0 Å². The molecule has 8 heteroatoms. The fourth-order valence-electron chi connectivity index (χ4n) is 1.33. The van der Waals surface area contributed by atoms with E-state index in [4.69, 9.17) is 18.0 Å². The number of aromatic nitrogens is 1. The molecule has 1 rings (SSSR count). The van der Waals surface area contributed by atoms with E-state index in [1.54, 1.807) is 12.1 Å². The van der Waals surface area contributed by atoms with Crippen molar-refractivity contribution in [3.8, 4) is 0 Å². The molecule has 0 atom stereocenters. The van der Waals surface area contributed by atoms with Crippen molar-refractivity contribution in [2.45, 2.75) is 6.92 Å². The van der Waals surface area contributed by atoms with Crippen LogP contribution in [0.2, 0.25) is 0 Å². The van der Waals surface area contributed by atoms with Gasteiger partial charge < -0.3 is 11.1 Å². The van der Waals surface area contributed by atoms with Crippen LogP contribution in [0.25, 0.3) is 0 Å². The number of pyridine rings is 1. The number of anilines is 1. The largest absolute Gasteiger partial charge is 0.389 e. The summed E-state index contributed by atoms with van der Waals surface area (Å²) in [4.78, 5) is 4.55. The summed E-state index contributed by atoms with van der Waals surface area (Å²) >= 11 is 4.90. The molecule has 0 saturated carbocycles. The zero-order valence-corrected chi connectivity index (χ0v) is 11.9. The number of rotatable bonds is 6. The Morgan fingerprint density at radius 2 is 2.11 bits per heavy atom. The highest BCUT2D eigenvalue weighted by atomic mass is 32.2. The standard InChI is InChI=1S/C10H16N4O2S2/c1-7-5-8(10(11)17)6-9(14-7)12-3-4-13-18(2,15)16/h5-6,13H,3-4H2,1-2H3,(H2,11,17)(H,12,14). The molecular formula is C10H16N4O2S2. The summed E-state index contributed by atoms with van der Waals surface area (Å²) in [5, 5.41) is 3.00. The molecule has 1 aromatic heterocycles. The molecule has 0 amide bonds. The number of nitrogens with zero attached hydrogens (tertiary/aromatic N) is 1. The van der Waals surface area contributed by atoms with Gasteiger partial charge in [0.1, 0.15) is 10.8 Å². The van der Waals surface area contributed by atoms with E-state index in [0.29, 0.717) is 17.4 Å². The molecule has 0 saturated heterocycles. The fourth-order valence-corrected chi connectivity index (χ4v) is 1.92. The second-order valence-electron chi connectivity index (χ2n) is 3.84. The Morgan fingerprint density at radius 1 is 1.44 bits per heavy atom. The molecule has 0 unspecified atom stereocenters. The van der Waals surface area contributed by atoms with E-state index in [2.05, 4.69) is 15.0 Å². The van der Waals surface area contributed by atoms with Crippen molar-refractivity contribution in [1.29, 1.82) is 0 Å². The molecule has 0 fully saturated rings. The Bertz CT molecular complexity index is 543. The van der Waals surface area contributed by atoms with E-state index in [0.717, 1.165) is 17.5 Å². The summed E-state index contributed by atoms with van der Waals surface area (Å²) in [6, 6.07) is 3.53. The lowest BCUT2D eigenvalue weighted by molar-refractivity contribution is 0.589. The molecule has 1 heterocycles. The van der Waals surface area contributed by atoms with Crippen molar-refractivity contribution in [3.05, 3.63) is 23.4 Å². The molecular weight excluding hydrogens is 272 g/mol. The molecule has 100 valence electrons. The second kappa shape index (κ2) is 6.07. The first-order valence-electron chi connectivity index (χ1n) is 5.25. The Hall–Kier alpha value is -1.25. The van der Waals surface area contributed by atoms with Crippen LogP contribution in [0.5, 0.6) is 0 Å². The van der Waals surface area contributed by atoms with Crippen LogP contribution in [0.4, 0.5) is 5.82 Å². The number of sulfonamides is 1. The van der Waals surface area contributed by atoms with Gasteiger partial charge in [-0.1, -0.05) is 12.2 Å². The number of aryl methyl sites for hydroxylation is 1. The van der Waals surface area contributed by atoms with E-state index >= 15 is 0 Å². The zero-order valence-electron chi connectivity index (χ0n) is 10.2. The van der Waals surface area contributed by atoms with Gasteiger partial charge in [0.2, 0.25) is 10.0 Å². The molecule has 0 aliphatic carbocycles. The van der Waals surface area contributed by atoms with Crippen LogP contribution in [-0.2, 0) is 10.0 Å². The number of nitrogens with two attached hydrogens (primary N) is 1. The maximum atomic E-state index is 10.9. The zero-order chi connectivity index (χ0) is 13.8. The lowest BCUT2D eigenvalue weighted by atomic mass is 10.2. The Morgan fingerprint density at radius 3 is 2.67 bits per heavy atom. The summed E-state index contributed by atoms with van der Waals surface area (Å²) in [5.41, 5.74) is 7.07. The van der Waals surface area contributed by atoms with Gasteiger partial charge in [0, 0.05) is 24.3 Å². The van der Waals surface area contributed by atoms with Crippen LogP contribution >= 0.6 is 12.2 Å². The van der Waals surface area contributed by atoms with Crippen molar-refractivity contribution in [3.63, 3.8) is 0 Å². The number of nitrogens with one attached hydrogen (secondary N) is 2. The van der Waals surface area contributed by atoms with Gasteiger partial charge in [-0.3, -0.25) is 0 Å². The van der Waals surface area contributed by atoms with Gasteiger partial charge in [-0.25, -0.2) is 18.1 Å². The van der Waals surface area contributed by atoms with Crippen molar-refractivity contribution in [1.82, 2.24) is 9.71 Å². The molecule has 0 spiro atoms. The Kier molecular flexibility index (Phi) is 5.00. The van der Waals surface area contributed by atoms with Crippen LogP contribution in [0.1, 0.15) is 11.3 Å². The summed E-state index contributed by atoms with van der Waals surface area (Å²) in [6.07, 6.45) is 1.11. The van der Waals surface area contributed by atoms with Gasteiger partial charge in [0.05, 0.1) is 6.26 Å². The highest BCUT2D eigenvalue weighted by molar-refractivity contribution is 7.88. The van der Waals surface area contributed by atoms with Crippen LogP contribution in [0.15, 0.2) is 12.1 Å². The van der Waals surface area contributed by atoms with Gasteiger partial charge in [-0.05, 0) is 19.1 Å². The first-order chi connectivity index (χ1) is 8.28. The van der Waals surface area contributed by atoms with Gasteiger partial charge in [0.25, 0.3) is 0 Å². The van der Waals surface area contributed by atoms with E-state index in [1.165, 1.54) is 0 Å². The van der Waals surface area contributed by atoms with E-state index in [1.807, 2.05) is 6.92 Å². The second-order valence-corrected chi connectivity index (χ2v) is 6.11. The smallest absolute Gasteiger partial charge is 0.208 e. The van der Waals surface area contributed by atoms with Crippen LogP contribution in [0, 0.1) is 6.92 Å². The quantitative estimate of drug-likeness (QED) is 0.503. The predicted molar refractivity (Wildman–Crippen MR) is 76.2 cm³/mol. The van der Waals surface area contributed by atoms with Crippen LogP contribution < -0.4 is 15.8 Å². The van der Waals surface area contributed by atoms with E-state index < -0.39 is 10.0 Å². The minimum Gasteiger partial charge on any atom is -0.389 e. The monoisotopic (exact) mass is 288 g/mol. The first kappa shape index (κ1) is 14.8. The molecule has 4 N–H and O–H groups in total. The predicted octanol–water partition coefficient (Wildman–Crippen LogP) is -0.0147. The van der Waals surface area contributed by atoms with Crippen molar-refractivity contribution >= 4 is 33.0 Å². The van der Waals surface area contributed by atoms with Crippen molar-refractivity contribution in [2.24, 2.45) is 5.73 Å². The number of hydrogen-bond acceptors (Lipinski definition) is 5. The number of hydrogen-bond donors (Lipinski definition) is 3. The average molecular weight is 288 g/mol. The topological polar surface area (TPSA) is 97.1 Å².